The first-order valence-electron chi connectivity index (χ1n) is 5.70. The van der Waals surface area contributed by atoms with Gasteiger partial charge in [0.25, 0.3) is 0 Å². The van der Waals surface area contributed by atoms with Crippen LogP contribution in [0, 0.1) is 17.8 Å². The minimum Gasteiger partial charge on any atom is -0.237 e. The van der Waals surface area contributed by atoms with Crippen molar-refractivity contribution in [3.05, 3.63) is 30.0 Å². The maximum absolute atomic E-state index is 4.35. The Labute approximate surface area is 115 Å². The van der Waals surface area contributed by atoms with Gasteiger partial charge in [-0.1, -0.05) is 11.8 Å². The van der Waals surface area contributed by atoms with E-state index in [4.69, 9.17) is 0 Å². The van der Waals surface area contributed by atoms with Gasteiger partial charge in [0.2, 0.25) is 0 Å². The van der Waals surface area contributed by atoms with Gasteiger partial charge in [0.05, 0.1) is 18.1 Å². The Morgan fingerprint density at radius 1 is 1.47 bits per heavy atom. The first-order chi connectivity index (χ1) is 8.36. The molecule has 1 saturated carbocycles. The number of nitrogens with zero attached hydrogens (tertiary/aromatic N) is 2. The first kappa shape index (κ1) is 11.5. The molecule has 1 aliphatic carbocycles. The minimum absolute atomic E-state index is 0.650. The van der Waals surface area contributed by atoms with Gasteiger partial charge in [-0.3, -0.25) is 0 Å². The number of aromatic nitrogens is 2. The first-order valence-corrected chi connectivity index (χ1v) is 9.76. The topological polar surface area (TPSA) is 17.8 Å². The van der Waals surface area contributed by atoms with E-state index >= 15 is 0 Å². The monoisotopic (exact) mass is 354 g/mol. The van der Waals surface area contributed by atoms with Crippen LogP contribution >= 0.6 is 28.4 Å². The summed E-state index contributed by atoms with van der Waals surface area (Å²) in [5.74, 6) is 7.40. The minimum atomic E-state index is 0.650. The summed E-state index contributed by atoms with van der Waals surface area (Å²) >= 11 is 2.34. The number of rotatable bonds is 2. The van der Waals surface area contributed by atoms with Gasteiger partial charge >= 0.3 is 0 Å². The summed E-state index contributed by atoms with van der Waals surface area (Å²) < 4.78 is 2.03. The Hall–Kier alpha value is -0.590. The van der Waals surface area contributed by atoms with Crippen LogP contribution in [0.15, 0.2) is 24.4 Å². The fourth-order valence-corrected chi connectivity index (χ4v) is 3.35. The average molecular weight is 354 g/mol. The van der Waals surface area contributed by atoms with Gasteiger partial charge in [0.15, 0.2) is 0 Å². The Morgan fingerprint density at radius 2 is 2.35 bits per heavy atom. The third kappa shape index (κ3) is 2.64. The molecule has 2 nitrogen and oxygen atoms in total. The standard InChI is InChI=1S/C13H12IN2P/c14-17-16-13-7-6-11(8-12(13)9-15-16)3-1-2-10-4-5-10/h6-10,17H,2,4-5H2. The fraction of sp³-hybridized carbons (Fsp3) is 0.308. The highest BCUT2D eigenvalue weighted by Gasteiger charge is 2.19. The number of hydrogen-bond donors (Lipinski definition) is 0. The predicted octanol–water partition coefficient (Wildman–Crippen LogP) is 3.98. The second kappa shape index (κ2) is 4.96. The van der Waals surface area contributed by atoms with E-state index in [1.54, 1.807) is 0 Å². The molecule has 0 saturated heterocycles. The molecule has 1 heterocycles. The lowest BCUT2D eigenvalue weighted by Crippen LogP contribution is -1.82. The van der Waals surface area contributed by atoms with Crippen molar-refractivity contribution in [3.8, 4) is 11.8 Å². The molecule has 86 valence electrons. The molecule has 1 aliphatic rings. The lowest BCUT2D eigenvalue weighted by molar-refractivity contribution is 0.884. The second-order valence-electron chi connectivity index (χ2n) is 4.36. The van der Waals surface area contributed by atoms with Crippen molar-refractivity contribution < 1.29 is 0 Å². The average Bonchev–Trinajstić information content (AvgIpc) is 3.08. The molecule has 1 fully saturated rings. The largest absolute Gasteiger partial charge is 0.237 e. The van der Waals surface area contributed by atoms with E-state index in [0.29, 0.717) is 6.37 Å². The summed E-state index contributed by atoms with van der Waals surface area (Å²) in [5, 5.41) is 5.53. The van der Waals surface area contributed by atoms with E-state index in [0.717, 1.165) is 17.9 Å². The van der Waals surface area contributed by atoms with Crippen molar-refractivity contribution in [2.45, 2.75) is 19.3 Å². The lowest BCUT2D eigenvalue weighted by Gasteiger charge is -1.96. The van der Waals surface area contributed by atoms with Gasteiger partial charge in [-0.2, -0.15) is 5.10 Å². The zero-order valence-electron chi connectivity index (χ0n) is 9.28. The van der Waals surface area contributed by atoms with Crippen LogP contribution < -0.4 is 0 Å². The number of halogens is 1. The molecule has 4 heteroatoms. The summed E-state index contributed by atoms with van der Waals surface area (Å²) in [6.45, 7) is 0. The molecule has 1 aromatic heterocycles. The quantitative estimate of drug-likeness (QED) is 0.453. The highest BCUT2D eigenvalue weighted by atomic mass is 127. The Bertz CT molecular complexity index is 605. The van der Waals surface area contributed by atoms with E-state index < -0.39 is 0 Å². The third-order valence-electron chi connectivity index (χ3n) is 2.97. The molecule has 0 bridgehead atoms. The van der Waals surface area contributed by atoms with Crippen molar-refractivity contribution in [2.75, 3.05) is 0 Å². The van der Waals surface area contributed by atoms with Gasteiger partial charge in [0.1, 0.15) is 0 Å². The van der Waals surface area contributed by atoms with Crippen molar-refractivity contribution in [1.29, 1.82) is 0 Å². The van der Waals surface area contributed by atoms with Gasteiger partial charge in [-0.05, 0) is 59.0 Å². The Morgan fingerprint density at radius 3 is 3.12 bits per heavy atom. The van der Waals surface area contributed by atoms with Crippen LogP contribution in [0.4, 0.5) is 0 Å². The zero-order valence-corrected chi connectivity index (χ0v) is 12.4. The third-order valence-corrected chi connectivity index (χ3v) is 4.86. The normalized spacial score (nSPS) is 15.4. The molecule has 1 unspecified atom stereocenters. The summed E-state index contributed by atoms with van der Waals surface area (Å²) in [6, 6.07) is 6.35. The van der Waals surface area contributed by atoms with Crippen LogP contribution in [0.5, 0.6) is 0 Å². The lowest BCUT2D eigenvalue weighted by atomic mass is 10.1. The maximum Gasteiger partial charge on any atom is 0.0730 e. The van der Waals surface area contributed by atoms with E-state index in [9.17, 15) is 0 Å². The molecule has 17 heavy (non-hydrogen) atoms. The SMILES string of the molecule is IPn1ncc2cc(C#CCC3CC3)ccc21. The molecule has 0 N–H and O–H groups in total. The van der Waals surface area contributed by atoms with Crippen LogP contribution in [0.2, 0.25) is 0 Å². The second-order valence-corrected chi connectivity index (χ2v) is 6.40. The highest BCUT2D eigenvalue weighted by Crippen LogP contribution is 2.31. The smallest absolute Gasteiger partial charge is 0.0730 e. The van der Waals surface area contributed by atoms with Crippen LogP contribution in [-0.4, -0.2) is 9.55 Å². The molecule has 1 aromatic carbocycles. The molecule has 2 aromatic rings. The van der Waals surface area contributed by atoms with Crippen molar-refractivity contribution in [1.82, 2.24) is 9.55 Å². The van der Waals surface area contributed by atoms with E-state index in [1.807, 2.05) is 10.6 Å². The van der Waals surface area contributed by atoms with Crippen LogP contribution in [0.1, 0.15) is 24.8 Å². The molecule has 0 radical (unpaired) electrons. The molecular weight excluding hydrogens is 342 g/mol. The summed E-state index contributed by atoms with van der Waals surface area (Å²) in [4.78, 5) is 0. The molecule has 3 rings (SSSR count). The van der Waals surface area contributed by atoms with Gasteiger partial charge < -0.3 is 0 Å². The Balaban J connectivity index is 1.87. The van der Waals surface area contributed by atoms with Crippen molar-refractivity contribution >= 4 is 39.3 Å². The van der Waals surface area contributed by atoms with Gasteiger partial charge in [-0.25, -0.2) is 4.45 Å². The molecule has 0 amide bonds. The van der Waals surface area contributed by atoms with Crippen molar-refractivity contribution in [2.24, 2.45) is 5.92 Å². The van der Waals surface area contributed by atoms with Crippen LogP contribution in [0.25, 0.3) is 10.9 Å². The molecular formula is C13H12IN2P. The van der Waals surface area contributed by atoms with Crippen LogP contribution in [0.3, 0.4) is 0 Å². The van der Waals surface area contributed by atoms with E-state index in [-0.39, 0.29) is 0 Å². The summed E-state index contributed by atoms with van der Waals surface area (Å²) in [5.41, 5.74) is 2.31. The van der Waals surface area contributed by atoms with Gasteiger partial charge in [-0.15, -0.1) is 0 Å². The van der Waals surface area contributed by atoms with Gasteiger partial charge in [0, 0.05) is 17.4 Å². The maximum atomic E-state index is 4.35. The molecule has 1 atom stereocenters. The van der Waals surface area contributed by atoms with E-state index in [2.05, 4.69) is 57.2 Å². The summed E-state index contributed by atoms with van der Waals surface area (Å²) in [6.07, 6.45) is 6.38. The Kier molecular flexibility index (Phi) is 3.35. The fourth-order valence-electron chi connectivity index (χ4n) is 1.80. The summed E-state index contributed by atoms with van der Waals surface area (Å²) in [7, 11) is 0. The van der Waals surface area contributed by atoms with Crippen LogP contribution in [-0.2, 0) is 0 Å². The predicted molar refractivity (Wildman–Crippen MR) is 81.7 cm³/mol. The van der Waals surface area contributed by atoms with E-state index in [1.165, 1.54) is 23.7 Å². The number of fused-ring (bicyclic) bond motifs is 1. The zero-order chi connectivity index (χ0) is 11.7. The molecule has 0 aliphatic heterocycles. The highest BCUT2D eigenvalue weighted by molar-refractivity contribution is 14.2. The number of hydrogen-bond acceptors (Lipinski definition) is 1. The van der Waals surface area contributed by atoms with Crippen molar-refractivity contribution in [3.63, 3.8) is 0 Å². The number of benzene rings is 1. The molecule has 0 spiro atoms.